The second-order valence-electron chi connectivity index (χ2n) is 5.78. The van der Waals surface area contributed by atoms with Gasteiger partial charge in [0.25, 0.3) is 5.91 Å². The molecule has 1 aromatic heterocycles. The zero-order valence-electron chi connectivity index (χ0n) is 14.7. The first kappa shape index (κ1) is 19.0. The first-order chi connectivity index (χ1) is 13.2. The zero-order valence-corrected chi connectivity index (χ0v) is 15.5. The van der Waals surface area contributed by atoms with Crippen molar-refractivity contribution in [1.29, 1.82) is 0 Å². The number of para-hydroxylation sites is 1. The highest BCUT2D eigenvalue weighted by Gasteiger charge is 2.15. The maximum Gasteiger partial charge on any atom is 0.287 e. The maximum atomic E-state index is 13.5. The lowest BCUT2D eigenvalue weighted by atomic mass is 10.2. The number of rotatable bonds is 9. The Morgan fingerprint density at radius 1 is 1.04 bits per heavy atom. The second kappa shape index (κ2) is 9.83. The van der Waals surface area contributed by atoms with Crippen molar-refractivity contribution >= 4 is 17.7 Å². The lowest BCUT2D eigenvalue weighted by Crippen LogP contribution is -2.26. The number of amides is 1. The number of ether oxygens (including phenoxy) is 1. The summed E-state index contributed by atoms with van der Waals surface area (Å²) < 4.78 is 24.5. The monoisotopic (exact) mass is 385 g/mol. The number of nitrogens with one attached hydrogen (secondary N) is 1. The molecule has 0 aliphatic heterocycles. The van der Waals surface area contributed by atoms with Crippen LogP contribution >= 0.6 is 11.8 Å². The molecule has 6 heteroatoms. The number of thioether (sulfide) groups is 1. The van der Waals surface area contributed by atoms with E-state index in [0.29, 0.717) is 29.2 Å². The van der Waals surface area contributed by atoms with Crippen molar-refractivity contribution < 1.29 is 18.3 Å². The Morgan fingerprint density at radius 3 is 2.63 bits per heavy atom. The van der Waals surface area contributed by atoms with E-state index in [9.17, 15) is 9.18 Å². The topological polar surface area (TPSA) is 51.5 Å². The Labute approximate surface area is 161 Å². The molecule has 0 atom stereocenters. The molecule has 0 aliphatic rings. The Bertz CT molecular complexity index is 867. The van der Waals surface area contributed by atoms with Crippen LogP contribution in [0.4, 0.5) is 4.39 Å². The molecule has 1 heterocycles. The summed E-state index contributed by atoms with van der Waals surface area (Å²) in [5.74, 6) is 1.75. The Hall–Kier alpha value is -2.73. The van der Waals surface area contributed by atoms with Crippen LogP contribution in [0.5, 0.6) is 5.75 Å². The van der Waals surface area contributed by atoms with Crippen LogP contribution in [0.2, 0.25) is 0 Å². The quantitative estimate of drug-likeness (QED) is 0.544. The lowest BCUT2D eigenvalue weighted by molar-refractivity contribution is 0.0925. The fourth-order valence-electron chi connectivity index (χ4n) is 2.44. The summed E-state index contributed by atoms with van der Waals surface area (Å²) in [6.07, 6.45) is 1.48. The molecule has 0 saturated carbocycles. The number of carbonyl (C=O) groups excluding carboxylic acids is 1. The van der Waals surface area contributed by atoms with Crippen molar-refractivity contribution in [3.63, 3.8) is 0 Å². The maximum absolute atomic E-state index is 13.5. The molecular formula is C21H20FNO3S. The number of carbonyl (C=O) groups is 1. The summed E-state index contributed by atoms with van der Waals surface area (Å²) >= 11 is 1.56. The van der Waals surface area contributed by atoms with E-state index < -0.39 is 0 Å². The van der Waals surface area contributed by atoms with Gasteiger partial charge in [0.15, 0.2) is 5.76 Å². The van der Waals surface area contributed by atoms with E-state index in [-0.39, 0.29) is 24.1 Å². The third kappa shape index (κ3) is 5.62. The average Bonchev–Trinajstić information content (AvgIpc) is 3.17. The molecule has 2 aromatic carbocycles. The summed E-state index contributed by atoms with van der Waals surface area (Å²) in [4.78, 5) is 12.3. The molecule has 27 heavy (non-hydrogen) atoms. The minimum absolute atomic E-state index is 0.201. The van der Waals surface area contributed by atoms with E-state index in [0.717, 1.165) is 5.75 Å². The normalized spacial score (nSPS) is 10.6. The van der Waals surface area contributed by atoms with Crippen LogP contribution in [0.3, 0.4) is 0 Å². The van der Waals surface area contributed by atoms with Crippen LogP contribution in [0.1, 0.15) is 21.7 Å². The van der Waals surface area contributed by atoms with Crippen molar-refractivity contribution in [3.05, 3.63) is 89.6 Å². The molecule has 0 unspecified atom stereocenters. The molecule has 4 nitrogen and oxygen atoms in total. The Kier molecular flexibility index (Phi) is 6.93. The molecule has 0 saturated heterocycles. The molecular weight excluding hydrogens is 365 g/mol. The fourth-order valence-corrected chi connectivity index (χ4v) is 3.29. The number of furan rings is 1. The molecule has 1 N–H and O–H groups in total. The van der Waals surface area contributed by atoms with Crippen molar-refractivity contribution in [2.75, 3.05) is 12.3 Å². The standard InChI is InChI=1S/C21H20FNO3S/c22-19-9-5-4-6-17(19)15-27-13-11-23-21(24)20-16(10-12-25-20)14-26-18-7-2-1-3-8-18/h1-10,12H,11,13-15H2,(H,23,24). The summed E-state index contributed by atoms with van der Waals surface area (Å²) in [6.45, 7) is 0.725. The van der Waals surface area contributed by atoms with Crippen molar-refractivity contribution in [3.8, 4) is 5.75 Å². The highest BCUT2D eigenvalue weighted by Crippen LogP contribution is 2.17. The number of hydrogen-bond donors (Lipinski definition) is 1. The van der Waals surface area contributed by atoms with Crippen LogP contribution < -0.4 is 10.1 Å². The third-order valence-electron chi connectivity index (χ3n) is 3.84. The SMILES string of the molecule is O=C(NCCSCc1ccccc1F)c1occc1COc1ccccc1. The van der Waals surface area contributed by atoms with Crippen molar-refractivity contribution in [2.24, 2.45) is 0 Å². The molecule has 0 spiro atoms. The Balaban J connectivity index is 1.42. The molecule has 3 aromatic rings. The van der Waals surface area contributed by atoms with Gasteiger partial charge in [-0.3, -0.25) is 4.79 Å². The van der Waals surface area contributed by atoms with Gasteiger partial charge in [0.2, 0.25) is 0 Å². The van der Waals surface area contributed by atoms with Gasteiger partial charge in [0.1, 0.15) is 18.2 Å². The third-order valence-corrected chi connectivity index (χ3v) is 4.85. The van der Waals surface area contributed by atoms with Crippen LogP contribution in [0.25, 0.3) is 0 Å². The van der Waals surface area contributed by atoms with Gasteiger partial charge in [-0.2, -0.15) is 11.8 Å². The van der Waals surface area contributed by atoms with Gasteiger partial charge in [-0.1, -0.05) is 36.4 Å². The number of benzene rings is 2. The molecule has 0 radical (unpaired) electrons. The summed E-state index contributed by atoms with van der Waals surface area (Å²) in [7, 11) is 0. The van der Waals surface area contributed by atoms with Gasteiger partial charge in [-0.25, -0.2) is 4.39 Å². The van der Waals surface area contributed by atoms with Gasteiger partial charge in [0, 0.05) is 23.6 Å². The lowest BCUT2D eigenvalue weighted by Gasteiger charge is -2.07. The smallest absolute Gasteiger partial charge is 0.287 e. The van der Waals surface area contributed by atoms with Crippen LogP contribution in [0.15, 0.2) is 71.3 Å². The molecule has 0 fully saturated rings. The summed E-state index contributed by atoms with van der Waals surface area (Å²) in [5.41, 5.74) is 1.36. The van der Waals surface area contributed by atoms with Crippen LogP contribution in [0, 0.1) is 5.82 Å². The fraction of sp³-hybridized carbons (Fsp3) is 0.190. The molecule has 0 bridgehead atoms. The van der Waals surface area contributed by atoms with E-state index in [1.807, 2.05) is 36.4 Å². The Morgan fingerprint density at radius 2 is 1.81 bits per heavy atom. The zero-order chi connectivity index (χ0) is 18.9. The van der Waals surface area contributed by atoms with Crippen LogP contribution in [-0.4, -0.2) is 18.2 Å². The summed E-state index contributed by atoms with van der Waals surface area (Å²) in [6, 6.07) is 17.8. The highest BCUT2D eigenvalue weighted by molar-refractivity contribution is 7.98. The highest BCUT2D eigenvalue weighted by atomic mass is 32.2. The van der Waals surface area contributed by atoms with Gasteiger partial charge in [-0.05, 0) is 29.8 Å². The van der Waals surface area contributed by atoms with Crippen molar-refractivity contribution in [2.45, 2.75) is 12.4 Å². The van der Waals surface area contributed by atoms with Crippen molar-refractivity contribution in [1.82, 2.24) is 5.32 Å². The van der Waals surface area contributed by atoms with Crippen LogP contribution in [-0.2, 0) is 12.4 Å². The minimum atomic E-state index is -0.279. The number of halogens is 1. The van der Waals surface area contributed by atoms with E-state index in [1.54, 1.807) is 30.0 Å². The van der Waals surface area contributed by atoms with Gasteiger partial charge < -0.3 is 14.5 Å². The van der Waals surface area contributed by atoms with E-state index in [4.69, 9.17) is 9.15 Å². The predicted octanol–water partition coefficient (Wildman–Crippen LogP) is 4.66. The predicted molar refractivity (Wildman–Crippen MR) is 104 cm³/mol. The van der Waals surface area contributed by atoms with E-state index in [2.05, 4.69) is 5.32 Å². The first-order valence-electron chi connectivity index (χ1n) is 8.57. The molecule has 3 rings (SSSR count). The largest absolute Gasteiger partial charge is 0.489 e. The van der Waals surface area contributed by atoms with Gasteiger partial charge >= 0.3 is 0 Å². The molecule has 140 valence electrons. The van der Waals surface area contributed by atoms with E-state index >= 15 is 0 Å². The summed E-state index contributed by atoms with van der Waals surface area (Å²) in [5, 5.41) is 2.82. The molecule has 1 amide bonds. The average molecular weight is 385 g/mol. The van der Waals surface area contributed by atoms with E-state index in [1.165, 1.54) is 12.3 Å². The second-order valence-corrected chi connectivity index (χ2v) is 6.88. The minimum Gasteiger partial charge on any atom is -0.489 e. The van der Waals surface area contributed by atoms with Gasteiger partial charge in [-0.15, -0.1) is 0 Å². The number of hydrogen-bond acceptors (Lipinski definition) is 4. The first-order valence-corrected chi connectivity index (χ1v) is 9.73. The molecule has 0 aliphatic carbocycles. The van der Waals surface area contributed by atoms with Gasteiger partial charge in [0.05, 0.1) is 6.26 Å².